The number of benzene rings is 1. The van der Waals surface area contributed by atoms with Crippen molar-refractivity contribution >= 4 is 5.97 Å². The van der Waals surface area contributed by atoms with E-state index in [1.165, 1.54) is 32.8 Å². The fraction of sp³-hybridized carbons (Fsp3) is 0.632. The summed E-state index contributed by atoms with van der Waals surface area (Å²) in [6.07, 6.45) is 4.42. The molecule has 5 heteroatoms. The number of unbranched alkanes of at least 4 members (excludes halogenated alkanes) is 1. The van der Waals surface area contributed by atoms with Crippen LogP contribution < -0.4 is 10.1 Å². The van der Waals surface area contributed by atoms with Crippen LogP contribution in [0.5, 0.6) is 5.75 Å². The summed E-state index contributed by atoms with van der Waals surface area (Å²) in [6.45, 7) is 6.33. The molecule has 5 nitrogen and oxygen atoms in total. The number of hydrogen-bond donors (Lipinski definition) is 2. The second-order valence-electron chi connectivity index (χ2n) is 6.16. The lowest BCUT2D eigenvalue weighted by Gasteiger charge is -2.15. The Balaban J connectivity index is 2.30. The van der Waals surface area contributed by atoms with Gasteiger partial charge in [0.2, 0.25) is 0 Å². The van der Waals surface area contributed by atoms with Crippen LogP contribution in [-0.2, 0) is 4.74 Å². The van der Waals surface area contributed by atoms with Gasteiger partial charge in [-0.2, -0.15) is 0 Å². The number of carbonyl (C=O) groups is 1. The Labute approximate surface area is 145 Å². The molecular weight excluding hydrogens is 306 g/mol. The Hall–Kier alpha value is -1.59. The number of rotatable bonds is 12. The molecule has 0 saturated heterocycles. The molecule has 3 N–H and O–H groups in total. The van der Waals surface area contributed by atoms with Crippen molar-refractivity contribution in [2.75, 3.05) is 26.8 Å². The second-order valence-corrected chi connectivity index (χ2v) is 6.16. The van der Waals surface area contributed by atoms with Crippen molar-refractivity contribution in [1.82, 2.24) is 0 Å². The zero-order valence-electron chi connectivity index (χ0n) is 15.2. The first-order chi connectivity index (χ1) is 11.6. The maximum atomic E-state index is 11.5. The number of quaternary nitrogens is 1. The average molecular weight is 338 g/mol. The molecule has 136 valence electrons. The van der Waals surface area contributed by atoms with Gasteiger partial charge in [-0.1, -0.05) is 32.8 Å². The minimum atomic E-state index is -0.532. The topological polar surface area (TPSA) is 72.4 Å². The maximum absolute atomic E-state index is 11.5. The minimum absolute atomic E-state index is 0.215. The lowest BCUT2D eigenvalue weighted by molar-refractivity contribution is -0.666. The van der Waals surface area contributed by atoms with Crippen LogP contribution in [-0.4, -0.2) is 44.0 Å². The zero-order valence-corrected chi connectivity index (χ0v) is 15.2. The van der Waals surface area contributed by atoms with Crippen molar-refractivity contribution in [2.45, 2.75) is 45.6 Å². The molecule has 0 fully saturated rings. The van der Waals surface area contributed by atoms with E-state index in [-0.39, 0.29) is 6.61 Å². The Kier molecular flexibility index (Phi) is 10.1. The molecule has 0 bridgehead atoms. The van der Waals surface area contributed by atoms with Crippen LogP contribution in [0.3, 0.4) is 0 Å². The van der Waals surface area contributed by atoms with E-state index in [9.17, 15) is 9.90 Å². The molecule has 0 unspecified atom stereocenters. The van der Waals surface area contributed by atoms with Gasteiger partial charge in [0.05, 0.1) is 19.2 Å². The number of carbonyl (C=O) groups excluding carboxylic acids is 1. The highest BCUT2D eigenvalue weighted by Crippen LogP contribution is 2.14. The summed E-state index contributed by atoms with van der Waals surface area (Å²) in [5, 5.41) is 12.2. The molecular formula is C19H32NO4+. The van der Waals surface area contributed by atoms with E-state index >= 15 is 0 Å². The van der Waals surface area contributed by atoms with Crippen LogP contribution in [0.2, 0.25) is 0 Å². The maximum Gasteiger partial charge on any atom is 0.337 e. The van der Waals surface area contributed by atoms with E-state index in [2.05, 4.69) is 23.9 Å². The molecule has 0 aromatic heterocycles. The van der Waals surface area contributed by atoms with Crippen LogP contribution in [0.1, 0.15) is 49.9 Å². The number of aliphatic hydroxyl groups is 1. The largest absolute Gasteiger partial charge is 0.491 e. The lowest BCUT2D eigenvalue weighted by Crippen LogP contribution is -2.87. The van der Waals surface area contributed by atoms with Crippen molar-refractivity contribution in [3.05, 3.63) is 29.8 Å². The number of esters is 1. The molecule has 0 aliphatic carbocycles. The van der Waals surface area contributed by atoms with E-state index in [1.807, 2.05) is 0 Å². The molecule has 1 rings (SSSR count). The Morgan fingerprint density at radius 1 is 1.29 bits per heavy atom. The quantitative estimate of drug-likeness (QED) is 0.572. The monoisotopic (exact) mass is 338 g/mol. The van der Waals surface area contributed by atoms with Crippen molar-refractivity contribution in [2.24, 2.45) is 5.92 Å². The van der Waals surface area contributed by atoms with E-state index in [4.69, 9.17) is 4.74 Å². The standard InChI is InChI=1S/C19H31NO4/c1-4-6-8-15(5-2)12-20-13-17(21)14-24-18-10-7-9-16(11-18)19(22)23-3/h7,9-11,15,17,20-21H,4-6,8,12-14H2,1-3H3/p+1/t15-,17+/m1/s1. The summed E-state index contributed by atoms with van der Waals surface area (Å²) < 4.78 is 10.3. The van der Waals surface area contributed by atoms with E-state index in [1.54, 1.807) is 24.3 Å². The Morgan fingerprint density at radius 3 is 2.75 bits per heavy atom. The number of hydrogen-bond acceptors (Lipinski definition) is 4. The van der Waals surface area contributed by atoms with Crippen molar-refractivity contribution < 1.29 is 24.7 Å². The van der Waals surface area contributed by atoms with Gasteiger partial charge in [0.15, 0.2) is 0 Å². The van der Waals surface area contributed by atoms with Gasteiger partial charge in [0, 0.05) is 5.92 Å². The SMILES string of the molecule is CCCC[C@@H](CC)C[NH2+]C[C@H](O)COc1cccc(C(=O)OC)c1. The van der Waals surface area contributed by atoms with Gasteiger partial charge in [-0.05, 0) is 31.0 Å². The van der Waals surface area contributed by atoms with Crippen LogP contribution in [0, 0.1) is 5.92 Å². The van der Waals surface area contributed by atoms with Crippen LogP contribution in [0.4, 0.5) is 0 Å². The summed E-state index contributed by atoms with van der Waals surface area (Å²) >= 11 is 0. The van der Waals surface area contributed by atoms with Crippen LogP contribution in [0.25, 0.3) is 0 Å². The summed E-state index contributed by atoms with van der Waals surface area (Å²) in [6, 6.07) is 6.80. The molecule has 1 aromatic carbocycles. The summed E-state index contributed by atoms with van der Waals surface area (Å²) in [5.74, 6) is 0.883. The third-order valence-corrected chi connectivity index (χ3v) is 4.18. The zero-order chi connectivity index (χ0) is 17.8. The first-order valence-electron chi connectivity index (χ1n) is 8.91. The highest BCUT2D eigenvalue weighted by Gasteiger charge is 2.12. The number of nitrogens with two attached hydrogens (primary N) is 1. The molecule has 0 spiro atoms. The van der Waals surface area contributed by atoms with Gasteiger partial charge in [-0.15, -0.1) is 0 Å². The van der Waals surface area contributed by atoms with E-state index in [0.717, 1.165) is 12.5 Å². The van der Waals surface area contributed by atoms with E-state index < -0.39 is 12.1 Å². The Bertz CT molecular complexity index is 478. The number of methoxy groups -OCH3 is 1. The molecule has 2 atom stereocenters. The molecule has 24 heavy (non-hydrogen) atoms. The number of ether oxygens (including phenoxy) is 2. The normalized spacial score (nSPS) is 13.3. The summed E-state index contributed by atoms with van der Waals surface area (Å²) in [7, 11) is 1.35. The molecule has 1 aromatic rings. The van der Waals surface area contributed by atoms with Gasteiger partial charge >= 0.3 is 5.97 Å². The number of aliphatic hydroxyl groups excluding tert-OH is 1. The third kappa shape index (κ3) is 7.79. The summed E-state index contributed by atoms with van der Waals surface area (Å²) in [4.78, 5) is 11.5. The Morgan fingerprint density at radius 2 is 2.08 bits per heavy atom. The minimum Gasteiger partial charge on any atom is -0.491 e. The first-order valence-corrected chi connectivity index (χ1v) is 8.91. The highest BCUT2D eigenvalue weighted by molar-refractivity contribution is 5.89. The third-order valence-electron chi connectivity index (χ3n) is 4.18. The van der Waals surface area contributed by atoms with Gasteiger partial charge in [-0.3, -0.25) is 0 Å². The van der Waals surface area contributed by atoms with Gasteiger partial charge in [0.25, 0.3) is 0 Å². The predicted octanol–water partition coefficient (Wildman–Crippen LogP) is 1.99. The van der Waals surface area contributed by atoms with Gasteiger partial charge < -0.3 is 19.9 Å². The van der Waals surface area contributed by atoms with Crippen molar-refractivity contribution in [3.8, 4) is 5.75 Å². The first kappa shape index (κ1) is 20.5. The van der Waals surface area contributed by atoms with Gasteiger partial charge in [-0.25, -0.2) is 4.79 Å². The van der Waals surface area contributed by atoms with Crippen LogP contribution >= 0.6 is 0 Å². The molecule has 0 heterocycles. The van der Waals surface area contributed by atoms with Crippen molar-refractivity contribution in [3.63, 3.8) is 0 Å². The predicted molar refractivity (Wildman–Crippen MR) is 94.2 cm³/mol. The summed E-state index contributed by atoms with van der Waals surface area (Å²) in [5.41, 5.74) is 0.442. The van der Waals surface area contributed by atoms with Crippen molar-refractivity contribution in [1.29, 1.82) is 0 Å². The molecule has 0 saturated carbocycles. The molecule has 0 aliphatic heterocycles. The highest BCUT2D eigenvalue weighted by atomic mass is 16.5. The fourth-order valence-corrected chi connectivity index (χ4v) is 2.60. The fourth-order valence-electron chi connectivity index (χ4n) is 2.60. The van der Waals surface area contributed by atoms with Gasteiger partial charge in [0.1, 0.15) is 25.0 Å². The molecule has 0 aliphatic rings. The average Bonchev–Trinajstić information content (AvgIpc) is 2.62. The lowest BCUT2D eigenvalue weighted by atomic mass is 9.99. The molecule has 0 radical (unpaired) electrons. The van der Waals surface area contributed by atoms with E-state index in [0.29, 0.717) is 17.9 Å². The van der Waals surface area contributed by atoms with Crippen LogP contribution in [0.15, 0.2) is 24.3 Å². The molecule has 0 amide bonds. The smallest absolute Gasteiger partial charge is 0.337 e. The second kappa shape index (κ2) is 11.9.